The largest absolute Gasteiger partial charge is 0.460 e. The Kier molecular flexibility index (Phi) is 5.67. The number of carbonyl (C=O) groups excluding carboxylic acids is 1. The van der Waals surface area contributed by atoms with Crippen LogP contribution in [0.5, 0.6) is 17.2 Å². The smallest absolute Gasteiger partial charge is 0.336 e. The number of fused-ring (bicyclic) bond motifs is 2. The SMILES string of the molecule is Cc1ccc(Oc2coc3cc(OC(=O)/C=C/c4cccc5ccccc45)ccc3c2=O)cc1. The normalized spacial score (nSPS) is 11.2. The first kappa shape index (κ1) is 21.2. The van der Waals surface area contributed by atoms with Gasteiger partial charge in [0.25, 0.3) is 0 Å². The molecular weight excluding hydrogens is 428 g/mol. The van der Waals surface area contributed by atoms with E-state index in [2.05, 4.69) is 0 Å². The number of hydrogen-bond acceptors (Lipinski definition) is 5. The van der Waals surface area contributed by atoms with Gasteiger partial charge in [0.1, 0.15) is 23.3 Å². The third kappa shape index (κ3) is 4.45. The van der Waals surface area contributed by atoms with Crippen molar-refractivity contribution in [3.05, 3.63) is 119 Å². The van der Waals surface area contributed by atoms with Crippen molar-refractivity contribution < 1.29 is 18.7 Å². The lowest BCUT2D eigenvalue weighted by Gasteiger charge is -2.07. The Labute approximate surface area is 195 Å². The quantitative estimate of drug-likeness (QED) is 0.171. The maximum absolute atomic E-state index is 12.8. The van der Waals surface area contributed by atoms with Crippen LogP contribution in [0.25, 0.3) is 27.8 Å². The zero-order valence-corrected chi connectivity index (χ0v) is 18.4. The predicted molar refractivity (Wildman–Crippen MR) is 132 cm³/mol. The first-order valence-electron chi connectivity index (χ1n) is 10.7. The van der Waals surface area contributed by atoms with E-state index in [0.29, 0.717) is 16.7 Å². The number of benzene rings is 4. The molecule has 1 aromatic heterocycles. The minimum atomic E-state index is -0.533. The Balaban J connectivity index is 1.34. The molecule has 5 rings (SSSR count). The number of rotatable bonds is 5. The first-order chi connectivity index (χ1) is 16.6. The van der Waals surface area contributed by atoms with Crippen LogP contribution >= 0.6 is 0 Å². The molecule has 0 unspecified atom stereocenters. The lowest BCUT2D eigenvalue weighted by Crippen LogP contribution is -2.06. The van der Waals surface area contributed by atoms with E-state index in [0.717, 1.165) is 21.9 Å². The third-order valence-electron chi connectivity index (χ3n) is 5.40. The molecule has 5 aromatic rings. The standard InChI is InChI=1S/C29H20O5/c1-19-9-12-22(13-10-19)33-27-18-32-26-17-23(14-15-25(26)29(27)31)34-28(30)16-11-21-7-4-6-20-5-2-3-8-24(20)21/h2-18H,1H3/b16-11+. The average molecular weight is 448 g/mol. The van der Waals surface area contributed by atoms with Gasteiger partial charge in [0.2, 0.25) is 11.2 Å². The van der Waals surface area contributed by atoms with E-state index in [1.54, 1.807) is 30.3 Å². The predicted octanol–water partition coefficient (Wildman–Crippen LogP) is 6.67. The van der Waals surface area contributed by atoms with Crippen molar-refractivity contribution in [3.8, 4) is 17.2 Å². The zero-order chi connectivity index (χ0) is 23.5. The van der Waals surface area contributed by atoms with Crippen molar-refractivity contribution in [3.63, 3.8) is 0 Å². The fourth-order valence-corrected chi connectivity index (χ4v) is 3.66. The number of carbonyl (C=O) groups is 1. The molecule has 0 aliphatic carbocycles. The van der Waals surface area contributed by atoms with Crippen molar-refractivity contribution in [1.29, 1.82) is 0 Å². The summed E-state index contributed by atoms with van der Waals surface area (Å²) in [6.07, 6.45) is 4.36. The first-order valence-corrected chi connectivity index (χ1v) is 10.7. The van der Waals surface area contributed by atoms with Crippen LogP contribution in [0.4, 0.5) is 0 Å². The van der Waals surface area contributed by atoms with Crippen LogP contribution < -0.4 is 14.9 Å². The van der Waals surface area contributed by atoms with Crippen LogP contribution in [-0.2, 0) is 4.79 Å². The Morgan fingerprint density at radius 1 is 0.853 bits per heavy atom. The van der Waals surface area contributed by atoms with E-state index in [9.17, 15) is 9.59 Å². The Morgan fingerprint density at radius 2 is 1.62 bits per heavy atom. The van der Waals surface area contributed by atoms with Crippen molar-refractivity contribution in [2.24, 2.45) is 0 Å². The molecule has 1 heterocycles. The van der Waals surface area contributed by atoms with E-state index in [4.69, 9.17) is 13.9 Å². The number of ether oxygens (including phenoxy) is 2. The topological polar surface area (TPSA) is 65.7 Å². The van der Waals surface area contributed by atoms with Gasteiger partial charge in [0.05, 0.1) is 5.39 Å². The number of hydrogen-bond donors (Lipinski definition) is 0. The van der Waals surface area contributed by atoms with Crippen LogP contribution in [0.1, 0.15) is 11.1 Å². The van der Waals surface area contributed by atoms with Crippen LogP contribution in [0, 0.1) is 6.92 Å². The Bertz CT molecular complexity index is 1590. The summed E-state index contributed by atoms with van der Waals surface area (Å²) in [6.45, 7) is 1.97. The van der Waals surface area contributed by atoms with E-state index >= 15 is 0 Å². The molecule has 0 aliphatic heterocycles. The zero-order valence-electron chi connectivity index (χ0n) is 18.4. The molecule has 0 amide bonds. The van der Waals surface area contributed by atoms with E-state index < -0.39 is 5.97 Å². The molecule has 0 N–H and O–H groups in total. The molecule has 34 heavy (non-hydrogen) atoms. The van der Waals surface area contributed by atoms with Crippen LogP contribution in [-0.4, -0.2) is 5.97 Å². The monoisotopic (exact) mass is 448 g/mol. The van der Waals surface area contributed by atoms with Crippen molar-refractivity contribution in [1.82, 2.24) is 0 Å². The highest BCUT2D eigenvalue weighted by Gasteiger charge is 2.11. The average Bonchev–Trinajstić information content (AvgIpc) is 2.86. The van der Waals surface area contributed by atoms with Gasteiger partial charge in [-0.15, -0.1) is 0 Å². The van der Waals surface area contributed by atoms with Gasteiger partial charge in [-0.05, 0) is 53.6 Å². The highest BCUT2D eigenvalue weighted by Crippen LogP contribution is 2.25. The third-order valence-corrected chi connectivity index (χ3v) is 5.40. The van der Waals surface area contributed by atoms with E-state index in [1.807, 2.05) is 61.5 Å². The van der Waals surface area contributed by atoms with Gasteiger partial charge >= 0.3 is 5.97 Å². The molecule has 0 fully saturated rings. The van der Waals surface area contributed by atoms with Gasteiger partial charge in [-0.3, -0.25) is 4.79 Å². The van der Waals surface area contributed by atoms with Gasteiger partial charge in [0.15, 0.2) is 0 Å². The summed E-state index contributed by atoms with van der Waals surface area (Å²) in [7, 11) is 0. The molecule has 5 heteroatoms. The lowest BCUT2D eigenvalue weighted by molar-refractivity contribution is -0.128. The van der Waals surface area contributed by atoms with Gasteiger partial charge in [-0.2, -0.15) is 0 Å². The van der Waals surface area contributed by atoms with Crippen molar-refractivity contribution in [2.75, 3.05) is 0 Å². The van der Waals surface area contributed by atoms with Crippen LogP contribution in [0.15, 0.2) is 106 Å². The second-order valence-corrected chi connectivity index (χ2v) is 7.82. The Morgan fingerprint density at radius 3 is 2.47 bits per heavy atom. The fourth-order valence-electron chi connectivity index (χ4n) is 3.66. The highest BCUT2D eigenvalue weighted by atomic mass is 16.5. The highest BCUT2D eigenvalue weighted by molar-refractivity contribution is 5.95. The summed E-state index contributed by atoms with van der Waals surface area (Å²) >= 11 is 0. The van der Waals surface area contributed by atoms with Gasteiger partial charge < -0.3 is 13.9 Å². The van der Waals surface area contributed by atoms with Crippen molar-refractivity contribution in [2.45, 2.75) is 6.92 Å². The molecule has 0 radical (unpaired) electrons. The molecule has 0 atom stereocenters. The second kappa shape index (κ2) is 9.08. The summed E-state index contributed by atoms with van der Waals surface area (Å²) in [5, 5.41) is 2.47. The number of aryl methyl sites for hydroxylation is 1. The van der Waals surface area contributed by atoms with Gasteiger partial charge in [-0.1, -0.05) is 60.2 Å². The maximum atomic E-state index is 12.8. The molecule has 0 saturated heterocycles. The fraction of sp³-hybridized carbons (Fsp3) is 0.0345. The lowest BCUT2D eigenvalue weighted by atomic mass is 10.0. The summed E-state index contributed by atoms with van der Waals surface area (Å²) in [5.41, 5.74) is 1.99. The summed E-state index contributed by atoms with van der Waals surface area (Å²) in [5.74, 6) is 0.365. The summed E-state index contributed by atoms with van der Waals surface area (Å²) < 4.78 is 16.7. The van der Waals surface area contributed by atoms with E-state index in [1.165, 1.54) is 18.4 Å². The second-order valence-electron chi connectivity index (χ2n) is 7.82. The minimum Gasteiger partial charge on any atom is -0.460 e. The Hall–Kier alpha value is -4.64. The van der Waals surface area contributed by atoms with Gasteiger partial charge in [-0.25, -0.2) is 4.79 Å². The molecule has 0 spiro atoms. The molecule has 4 aromatic carbocycles. The number of esters is 1. The summed E-state index contributed by atoms with van der Waals surface area (Å²) in [4.78, 5) is 25.2. The molecule has 5 nitrogen and oxygen atoms in total. The molecule has 166 valence electrons. The van der Waals surface area contributed by atoms with Crippen molar-refractivity contribution >= 4 is 33.8 Å². The molecular formula is C29H20O5. The maximum Gasteiger partial charge on any atom is 0.336 e. The van der Waals surface area contributed by atoms with Crippen LogP contribution in [0.2, 0.25) is 0 Å². The molecule has 0 saturated carbocycles. The van der Waals surface area contributed by atoms with Crippen LogP contribution in [0.3, 0.4) is 0 Å². The summed E-state index contributed by atoms with van der Waals surface area (Å²) in [6, 6.07) is 25.8. The van der Waals surface area contributed by atoms with Gasteiger partial charge in [0, 0.05) is 12.1 Å². The van der Waals surface area contributed by atoms with E-state index in [-0.39, 0.29) is 16.9 Å². The molecule has 0 bridgehead atoms. The molecule has 0 aliphatic rings. The minimum absolute atomic E-state index is 0.0825.